The largest absolute Gasteiger partial charge is 0.346 e. The minimum Gasteiger partial charge on any atom is -0.346 e. The van der Waals surface area contributed by atoms with E-state index in [4.69, 9.17) is 5.73 Å². The van der Waals surface area contributed by atoms with Crippen LogP contribution in [0.4, 0.5) is 0 Å². The molecule has 1 aromatic heterocycles. The quantitative estimate of drug-likeness (QED) is 0.887. The van der Waals surface area contributed by atoms with Gasteiger partial charge in [0.1, 0.15) is 0 Å². The van der Waals surface area contributed by atoms with Crippen LogP contribution in [0.1, 0.15) is 32.5 Å². The highest BCUT2D eigenvalue weighted by Crippen LogP contribution is 2.09. The van der Waals surface area contributed by atoms with Crippen molar-refractivity contribution in [3.05, 3.63) is 30.1 Å². The topological polar surface area (TPSA) is 68.0 Å². The maximum absolute atomic E-state index is 11.6. The SMILES string of the molecule is CC(NC(=O)C(C)(C)N)c1ccccn1.Cl.Cl. The highest BCUT2D eigenvalue weighted by Gasteiger charge is 2.23. The Morgan fingerprint density at radius 2 is 2.00 bits per heavy atom. The van der Waals surface area contributed by atoms with Crippen LogP contribution < -0.4 is 11.1 Å². The van der Waals surface area contributed by atoms with Crippen molar-refractivity contribution < 1.29 is 4.79 Å². The highest BCUT2D eigenvalue weighted by atomic mass is 35.5. The number of nitrogens with zero attached hydrogens (tertiary/aromatic N) is 1. The summed E-state index contributed by atoms with van der Waals surface area (Å²) in [5, 5.41) is 2.81. The number of carbonyl (C=O) groups is 1. The first-order valence-electron chi connectivity index (χ1n) is 4.92. The molecule has 0 aliphatic heterocycles. The van der Waals surface area contributed by atoms with E-state index >= 15 is 0 Å². The van der Waals surface area contributed by atoms with Crippen molar-refractivity contribution in [2.45, 2.75) is 32.4 Å². The summed E-state index contributed by atoms with van der Waals surface area (Å²) in [4.78, 5) is 15.7. The van der Waals surface area contributed by atoms with Gasteiger partial charge in [0, 0.05) is 6.20 Å². The molecule has 0 saturated carbocycles. The second-order valence-corrected chi connectivity index (χ2v) is 4.17. The second kappa shape index (κ2) is 7.48. The molecule has 6 heteroatoms. The number of aromatic nitrogens is 1. The monoisotopic (exact) mass is 279 g/mol. The van der Waals surface area contributed by atoms with Gasteiger partial charge in [-0.05, 0) is 32.9 Å². The van der Waals surface area contributed by atoms with E-state index in [-0.39, 0.29) is 36.8 Å². The molecule has 17 heavy (non-hydrogen) atoms. The van der Waals surface area contributed by atoms with Gasteiger partial charge in [0.2, 0.25) is 5.91 Å². The van der Waals surface area contributed by atoms with Gasteiger partial charge in [-0.15, -0.1) is 24.8 Å². The van der Waals surface area contributed by atoms with Crippen molar-refractivity contribution in [1.29, 1.82) is 0 Å². The van der Waals surface area contributed by atoms with Crippen molar-refractivity contribution in [2.24, 2.45) is 5.73 Å². The summed E-state index contributed by atoms with van der Waals surface area (Å²) in [6.07, 6.45) is 1.70. The molecule has 0 aliphatic carbocycles. The first-order valence-corrected chi connectivity index (χ1v) is 4.92. The van der Waals surface area contributed by atoms with E-state index in [1.807, 2.05) is 25.1 Å². The number of carbonyl (C=O) groups excluding carboxylic acids is 1. The van der Waals surface area contributed by atoms with Gasteiger partial charge in [-0.3, -0.25) is 9.78 Å². The molecule has 1 amide bonds. The van der Waals surface area contributed by atoms with Crippen molar-refractivity contribution >= 4 is 30.7 Å². The van der Waals surface area contributed by atoms with Crippen molar-refractivity contribution in [3.8, 4) is 0 Å². The minimum absolute atomic E-state index is 0. The third-order valence-corrected chi connectivity index (χ3v) is 2.06. The summed E-state index contributed by atoms with van der Waals surface area (Å²) < 4.78 is 0. The van der Waals surface area contributed by atoms with E-state index < -0.39 is 5.54 Å². The zero-order valence-corrected chi connectivity index (χ0v) is 11.8. The molecule has 0 fully saturated rings. The van der Waals surface area contributed by atoms with Gasteiger partial charge in [-0.1, -0.05) is 6.07 Å². The number of nitrogens with two attached hydrogens (primary N) is 1. The first kappa shape index (κ1) is 18.5. The molecule has 3 N–H and O–H groups in total. The van der Waals surface area contributed by atoms with Crippen LogP contribution in [-0.2, 0) is 4.79 Å². The molecule has 0 saturated heterocycles. The van der Waals surface area contributed by atoms with Crippen LogP contribution in [0.3, 0.4) is 0 Å². The Labute approximate surface area is 114 Å². The number of nitrogens with one attached hydrogen (secondary N) is 1. The number of pyridine rings is 1. The van der Waals surface area contributed by atoms with Crippen molar-refractivity contribution in [3.63, 3.8) is 0 Å². The molecule has 0 radical (unpaired) electrons. The number of halogens is 2. The van der Waals surface area contributed by atoms with Crippen LogP contribution >= 0.6 is 24.8 Å². The Hall–Kier alpha value is -0.840. The Kier molecular flexibility index (Phi) is 8.15. The number of amides is 1. The summed E-state index contributed by atoms with van der Waals surface area (Å²) in [6, 6.07) is 5.47. The van der Waals surface area contributed by atoms with Crippen LogP contribution in [0.5, 0.6) is 0 Å². The molecular weight excluding hydrogens is 261 g/mol. The third-order valence-electron chi connectivity index (χ3n) is 2.06. The normalized spacial score (nSPS) is 11.8. The molecule has 1 heterocycles. The predicted molar refractivity (Wildman–Crippen MR) is 73.6 cm³/mol. The van der Waals surface area contributed by atoms with Gasteiger partial charge in [0.25, 0.3) is 0 Å². The second-order valence-electron chi connectivity index (χ2n) is 4.17. The first-order chi connectivity index (χ1) is 6.91. The third kappa shape index (κ3) is 5.86. The lowest BCUT2D eigenvalue weighted by Crippen LogP contribution is -2.49. The predicted octanol–water partition coefficient (Wildman–Crippen LogP) is 1.84. The molecule has 98 valence electrons. The van der Waals surface area contributed by atoms with Crippen LogP contribution in [0.2, 0.25) is 0 Å². The number of hydrogen-bond acceptors (Lipinski definition) is 3. The molecular formula is C11H19Cl2N3O. The lowest BCUT2D eigenvalue weighted by Gasteiger charge is -2.21. The fourth-order valence-corrected chi connectivity index (χ4v) is 1.09. The van der Waals surface area contributed by atoms with E-state index in [9.17, 15) is 4.79 Å². The van der Waals surface area contributed by atoms with Crippen LogP contribution in [0, 0.1) is 0 Å². The van der Waals surface area contributed by atoms with Crippen LogP contribution in [0.25, 0.3) is 0 Å². The Bertz CT molecular complexity index is 338. The molecule has 4 nitrogen and oxygen atoms in total. The van der Waals surface area contributed by atoms with Crippen molar-refractivity contribution in [2.75, 3.05) is 0 Å². The van der Waals surface area contributed by atoms with Gasteiger partial charge in [-0.25, -0.2) is 0 Å². The Morgan fingerprint density at radius 3 is 2.41 bits per heavy atom. The van der Waals surface area contributed by atoms with Gasteiger partial charge < -0.3 is 11.1 Å². The minimum atomic E-state index is -0.858. The van der Waals surface area contributed by atoms with Gasteiger partial charge >= 0.3 is 0 Å². The lowest BCUT2D eigenvalue weighted by atomic mass is 10.1. The van der Waals surface area contributed by atoms with E-state index in [1.54, 1.807) is 20.0 Å². The van der Waals surface area contributed by atoms with Gasteiger partial charge in [0.05, 0.1) is 17.3 Å². The molecule has 1 unspecified atom stereocenters. The van der Waals surface area contributed by atoms with Crippen molar-refractivity contribution in [1.82, 2.24) is 10.3 Å². The summed E-state index contributed by atoms with van der Waals surface area (Å²) in [5.74, 6) is -0.180. The standard InChI is InChI=1S/C11H17N3O.2ClH/c1-8(9-6-4-5-7-13-9)14-10(15)11(2,3)12;;/h4-8H,12H2,1-3H3,(H,14,15);2*1H. The Morgan fingerprint density at radius 1 is 1.41 bits per heavy atom. The van der Waals surface area contributed by atoms with E-state index in [1.165, 1.54) is 0 Å². The summed E-state index contributed by atoms with van der Waals surface area (Å²) in [5.41, 5.74) is 5.64. The van der Waals surface area contributed by atoms with E-state index in [0.717, 1.165) is 5.69 Å². The number of rotatable bonds is 3. The fourth-order valence-electron chi connectivity index (χ4n) is 1.09. The average molecular weight is 280 g/mol. The highest BCUT2D eigenvalue weighted by molar-refractivity contribution is 5.86. The summed E-state index contributed by atoms with van der Waals surface area (Å²) in [7, 11) is 0. The molecule has 1 aromatic rings. The molecule has 0 bridgehead atoms. The zero-order valence-electron chi connectivity index (χ0n) is 10.1. The maximum atomic E-state index is 11.6. The molecule has 1 atom stereocenters. The van der Waals surface area contributed by atoms with E-state index in [0.29, 0.717) is 0 Å². The lowest BCUT2D eigenvalue weighted by molar-refractivity contribution is -0.125. The van der Waals surface area contributed by atoms with Gasteiger partial charge in [-0.2, -0.15) is 0 Å². The Balaban J connectivity index is 0. The maximum Gasteiger partial charge on any atom is 0.240 e. The zero-order chi connectivity index (χ0) is 11.5. The summed E-state index contributed by atoms with van der Waals surface area (Å²) in [6.45, 7) is 5.23. The molecule has 0 aliphatic rings. The molecule has 0 spiro atoms. The average Bonchev–Trinajstić information content (AvgIpc) is 2.17. The van der Waals surface area contributed by atoms with Gasteiger partial charge in [0.15, 0.2) is 0 Å². The fraction of sp³-hybridized carbons (Fsp3) is 0.455. The number of hydrogen-bond donors (Lipinski definition) is 2. The smallest absolute Gasteiger partial charge is 0.240 e. The molecule has 1 rings (SSSR count). The summed E-state index contributed by atoms with van der Waals surface area (Å²) >= 11 is 0. The van der Waals surface area contributed by atoms with Crippen LogP contribution in [-0.4, -0.2) is 16.4 Å². The molecule has 0 aromatic carbocycles. The van der Waals surface area contributed by atoms with Crippen LogP contribution in [0.15, 0.2) is 24.4 Å². The van der Waals surface area contributed by atoms with E-state index in [2.05, 4.69) is 10.3 Å².